The Kier molecular flexibility index (Phi) is 5.24. The van der Waals surface area contributed by atoms with Crippen LogP contribution < -0.4 is 10.1 Å². The Bertz CT molecular complexity index is 585. The normalized spacial score (nSPS) is 14.1. The van der Waals surface area contributed by atoms with Crippen molar-refractivity contribution in [1.82, 2.24) is 5.32 Å². The van der Waals surface area contributed by atoms with E-state index in [0.717, 1.165) is 25.1 Å². The van der Waals surface area contributed by atoms with Crippen molar-refractivity contribution in [2.75, 3.05) is 13.7 Å². The van der Waals surface area contributed by atoms with Crippen LogP contribution in [0.2, 0.25) is 0 Å². The number of hydrogen-bond acceptors (Lipinski definition) is 2. The molecule has 0 aromatic heterocycles. The number of likely N-dealkylation sites (N-methyl/N-ethyl adjacent to an activating group) is 1. The second-order valence-corrected chi connectivity index (χ2v) is 5.99. The van der Waals surface area contributed by atoms with Crippen LogP contribution in [-0.4, -0.2) is 19.2 Å². The minimum Gasteiger partial charge on any atom is -0.496 e. The van der Waals surface area contributed by atoms with Crippen molar-refractivity contribution in [2.45, 2.75) is 45.6 Å². The maximum atomic E-state index is 5.63. The molecule has 114 valence electrons. The molecule has 0 amide bonds. The monoisotopic (exact) mass is 285 g/mol. The number of nitrogens with one attached hydrogen (secondary N) is 1. The molecule has 0 heterocycles. The van der Waals surface area contributed by atoms with Crippen LogP contribution in [0.15, 0.2) is 36.4 Å². The zero-order valence-corrected chi connectivity index (χ0v) is 13.7. The summed E-state index contributed by atoms with van der Waals surface area (Å²) in [6.07, 6.45) is 3.32. The lowest BCUT2D eigenvalue weighted by atomic mass is 9.86. The molecule has 1 N–H and O–H groups in total. The van der Waals surface area contributed by atoms with Crippen LogP contribution in [0.3, 0.4) is 0 Å². The summed E-state index contributed by atoms with van der Waals surface area (Å²) in [5.41, 5.74) is 1.42. The molecule has 0 saturated heterocycles. The van der Waals surface area contributed by atoms with Crippen molar-refractivity contribution in [3.63, 3.8) is 0 Å². The van der Waals surface area contributed by atoms with Crippen molar-refractivity contribution in [3.8, 4) is 5.75 Å². The van der Waals surface area contributed by atoms with E-state index in [4.69, 9.17) is 4.74 Å². The molecule has 2 aromatic carbocycles. The van der Waals surface area contributed by atoms with Crippen molar-refractivity contribution < 1.29 is 4.74 Å². The predicted molar refractivity (Wildman–Crippen MR) is 91.2 cm³/mol. The SMILES string of the molecule is CCCC(C)(Cc1c(OC)ccc2ccccc12)NCC. The van der Waals surface area contributed by atoms with Gasteiger partial charge in [0.05, 0.1) is 7.11 Å². The standard InChI is InChI=1S/C19H27NO/c1-5-13-19(3,20-6-2)14-17-16-10-8-7-9-15(16)11-12-18(17)21-4/h7-12,20H,5-6,13-14H2,1-4H3. The number of methoxy groups -OCH3 is 1. The van der Waals surface area contributed by atoms with Gasteiger partial charge < -0.3 is 10.1 Å². The second kappa shape index (κ2) is 6.95. The third-order valence-electron chi connectivity index (χ3n) is 4.19. The summed E-state index contributed by atoms with van der Waals surface area (Å²) in [6.45, 7) is 7.73. The van der Waals surface area contributed by atoms with E-state index in [1.807, 2.05) is 0 Å². The molecule has 0 bridgehead atoms. The number of ether oxygens (including phenoxy) is 1. The van der Waals surface area contributed by atoms with Crippen LogP contribution in [0.4, 0.5) is 0 Å². The highest BCUT2D eigenvalue weighted by Crippen LogP contribution is 2.32. The second-order valence-electron chi connectivity index (χ2n) is 5.99. The van der Waals surface area contributed by atoms with E-state index < -0.39 is 0 Å². The fourth-order valence-electron chi connectivity index (χ4n) is 3.30. The molecular formula is C19H27NO. The average molecular weight is 285 g/mol. The molecule has 1 atom stereocenters. The molecule has 2 nitrogen and oxygen atoms in total. The molecule has 0 aliphatic carbocycles. The van der Waals surface area contributed by atoms with E-state index in [2.05, 4.69) is 62.5 Å². The Morgan fingerprint density at radius 1 is 1.10 bits per heavy atom. The molecule has 0 spiro atoms. The Labute approximate surface area is 128 Å². The number of rotatable bonds is 7. The largest absolute Gasteiger partial charge is 0.496 e. The molecular weight excluding hydrogens is 258 g/mol. The van der Waals surface area contributed by atoms with Crippen LogP contribution in [0.25, 0.3) is 10.8 Å². The molecule has 21 heavy (non-hydrogen) atoms. The topological polar surface area (TPSA) is 21.3 Å². The quantitative estimate of drug-likeness (QED) is 0.805. The zero-order chi connectivity index (χ0) is 15.3. The van der Waals surface area contributed by atoms with Crippen molar-refractivity contribution in [3.05, 3.63) is 42.0 Å². The lowest BCUT2D eigenvalue weighted by Crippen LogP contribution is -2.44. The average Bonchev–Trinajstić information content (AvgIpc) is 2.48. The first-order valence-corrected chi connectivity index (χ1v) is 7.93. The van der Waals surface area contributed by atoms with Gasteiger partial charge in [0.15, 0.2) is 0 Å². The van der Waals surface area contributed by atoms with Crippen LogP contribution in [-0.2, 0) is 6.42 Å². The van der Waals surface area contributed by atoms with Gasteiger partial charge in [-0.25, -0.2) is 0 Å². The first kappa shape index (κ1) is 15.8. The number of hydrogen-bond donors (Lipinski definition) is 1. The summed E-state index contributed by atoms with van der Waals surface area (Å²) in [5, 5.41) is 6.25. The van der Waals surface area contributed by atoms with E-state index in [9.17, 15) is 0 Å². The van der Waals surface area contributed by atoms with Gasteiger partial charge in [0, 0.05) is 11.1 Å². The summed E-state index contributed by atoms with van der Waals surface area (Å²) in [6, 6.07) is 12.8. The molecule has 0 fully saturated rings. The van der Waals surface area contributed by atoms with Gasteiger partial charge in [-0.15, -0.1) is 0 Å². The van der Waals surface area contributed by atoms with E-state index in [0.29, 0.717) is 0 Å². The highest BCUT2D eigenvalue weighted by atomic mass is 16.5. The minimum atomic E-state index is 0.112. The van der Waals surface area contributed by atoms with Crippen LogP contribution in [0.5, 0.6) is 5.75 Å². The van der Waals surface area contributed by atoms with Gasteiger partial charge in [-0.1, -0.05) is 50.6 Å². The van der Waals surface area contributed by atoms with E-state index in [-0.39, 0.29) is 5.54 Å². The lowest BCUT2D eigenvalue weighted by molar-refractivity contribution is 0.326. The maximum absolute atomic E-state index is 5.63. The number of fused-ring (bicyclic) bond motifs is 1. The highest BCUT2D eigenvalue weighted by molar-refractivity contribution is 5.87. The molecule has 0 saturated carbocycles. The van der Waals surface area contributed by atoms with Gasteiger partial charge in [0.1, 0.15) is 5.75 Å². The summed E-state index contributed by atoms with van der Waals surface area (Å²) in [4.78, 5) is 0. The third kappa shape index (κ3) is 3.56. The fraction of sp³-hybridized carbons (Fsp3) is 0.474. The van der Waals surface area contributed by atoms with Crippen LogP contribution >= 0.6 is 0 Å². The summed E-state index contributed by atoms with van der Waals surface area (Å²) in [5.74, 6) is 0.994. The number of benzene rings is 2. The van der Waals surface area contributed by atoms with Gasteiger partial charge >= 0.3 is 0 Å². The third-order valence-corrected chi connectivity index (χ3v) is 4.19. The van der Waals surface area contributed by atoms with Crippen molar-refractivity contribution in [2.24, 2.45) is 0 Å². The van der Waals surface area contributed by atoms with Gasteiger partial charge in [-0.05, 0) is 43.1 Å². The fourth-order valence-corrected chi connectivity index (χ4v) is 3.30. The van der Waals surface area contributed by atoms with E-state index in [1.165, 1.54) is 22.8 Å². The van der Waals surface area contributed by atoms with Gasteiger partial charge in [-0.2, -0.15) is 0 Å². The van der Waals surface area contributed by atoms with Gasteiger partial charge in [0.25, 0.3) is 0 Å². The summed E-state index contributed by atoms with van der Waals surface area (Å²) in [7, 11) is 1.76. The highest BCUT2D eigenvalue weighted by Gasteiger charge is 2.25. The smallest absolute Gasteiger partial charge is 0.122 e. The van der Waals surface area contributed by atoms with Crippen molar-refractivity contribution >= 4 is 10.8 Å². The van der Waals surface area contributed by atoms with E-state index >= 15 is 0 Å². The molecule has 2 rings (SSSR count). The van der Waals surface area contributed by atoms with Gasteiger partial charge in [-0.3, -0.25) is 0 Å². The molecule has 0 radical (unpaired) electrons. The van der Waals surface area contributed by atoms with Crippen LogP contribution in [0, 0.1) is 0 Å². The first-order chi connectivity index (χ1) is 10.1. The van der Waals surface area contributed by atoms with E-state index in [1.54, 1.807) is 7.11 Å². The molecule has 0 aliphatic heterocycles. The van der Waals surface area contributed by atoms with Crippen LogP contribution in [0.1, 0.15) is 39.2 Å². The Morgan fingerprint density at radius 2 is 1.86 bits per heavy atom. The maximum Gasteiger partial charge on any atom is 0.122 e. The Morgan fingerprint density at radius 3 is 2.52 bits per heavy atom. The van der Waals surface area contributed by atoms with Crippen molar-refractivity contribution in [1.29, 1.82) is 0 Å². The molecule has 2 heteroatoms. The summed E-state index contributed by atoms with van der Waals surface area (Å²) < 4.78 is 5.63. The zero-order valence-electron chi connectivity index (χ0n) is 13.7. The molecule has 0 aliphatic rings. The molecule has 1 unspecified atom stereocenters. The molecule has 2 aromatic rings. The first-order valence-electron chi connectivity index (χ1n) is 7.93. The van der Waals surface area contributed by atoms with Gasteiger partial charge in [0.2, 0.25) is 0 Å². The minimum absolute atomic E-state index is 0.112. The Hall–Kier alpha value is -1.54. The predicted octanol–water partition coefficient (Wildman–Crippen LogP) is 4.56. The summed E-state index contributed by atoms with van der Waals surface area (Å²) >= 11 is 0. The Balaban J connectivity index is 2.48. The lowest BCUT2D eigenvalue weighted by Gasteiger charge is -2.31.